The molecule has 1 unspecified atom stereocenters. The van der Waals surface area contributed by atoms with Crippen molar-refractivity contribution in [1.82, 2.24) is 9.97 Å². The van der Waals surface area contributed by atoms with Crippen LogP contribution < -0.4 is 0 Å². The SMILES string of the molecule is Fc1c(F)c(F)c(C(c2cc[nH]c2)c2ccc[nH]2)c(F)c1F. The fraction of sp³-hybridized carbons (Fsp3) is 0.0667. The molecule has 2 heterocycles. The summed E-state index contributed by atoms with van der Waals surface area (Å²) in [4.78, 5) is 5.45. The summed E-state index contributed by atoms with van der Waals surface area (Å²) in [6, 6.07) is 4.58. The monoisotopic (exact) mass is 312 g/mol. The lowest BCUT2D eigenvalue weighted by molar-refractivity contribution is 0.369. The summed E-state index contributed by atoms with van der Waals surface area (Å²) in [5.41, 5.74) is -0.216. The Bertz CT molecular complexity index is 731. The summed E-state index contributed by atoms with van der Waals surface area (Å²) in [7, 11) is 0. The van der Waals surface area contributed by atoms with Crippen molar-refractivity contribution in [3.8, 4) is 0 Å². The number of rotatable bonds is 3. The van der Waals surface area contributed by atoms with Gasteiger partial charge in [-0.1, -0.05) is 0 Å². The molecular weight excluding hydrogens is 303 g/mol. The van der Waals surface area contributed by atoms with Gasteiger partial charge < -0.3 is 9.97 Å². The first-order valence-electron chi connectivity index (χ1n) is 6.29. The van der Waals surface area contributed by atoms with Crippen molar-refractivity contribution in [2.45, 2.75) is 5.92 Å². The zero-order chi connectivity index (χ0) is 15.9. The van der Waals surface area contributed by atoms with E-state index in [9.17, 15) is 22.0 Å². The topological polar surface area (TPSA) is 31.6 Å². The van der Waals surface area contributed by atoms with Crippen LogP contribution in [0.5, 0.6) is 0 Å². The molecule has 2 N–H and O–H groups in total. The Kier molecular flexibility index (Phi) is 3.48. The first-order valence-corrected chi connectivity index (χ1v) is 6.29. The molecule has 7 heteroatoms. The van der Waals surface area contributed by atoms with Crippen LogP contribution in [0.25, 0.3) is 0 Å². The van der Waals surface area contributed by atoms with Crippen molar-refractivity contribution < 1.29 is 22.0 Å². The van der Waals surface area contributed by atoms with E-state index in [-0.39, 0.29) is 0 Å². The summed E-state index contributed by atoms with van der Waals surface area (Å²) < 4.78 is 68.3. The highest BCUT2D eigenvalue weighted by atomic mass is 19.2. The van der Waals surface area contributed by atoms with Crippen LogP contribution in [-0.4, -0.2) is 9.97 Å². The zero-order valence-corrected chi connectivity index (χ0v) is 10.9. The van der Waals surface area contributed by atoms with Gasteiger partial charge in [0, 0.05) is 29.8 Å². The maximum absolute atomic E-state index is 14.1. The Morgan fingerprint density at radius 3 is 1.91 bits per heavy atom. The standard InChI is InChI=1S/C15H9F5N2/c16-11-10(12(17)14(19)15(20)13(11)18)9(7-3-5-21-6-7)8-2-1-4-22-8/h1-6,9,21-22H. The maximum atomic E-state index is 14.1. The number of nitrogens with one attached hydrogen (secondary N) is 2. The average Bonchev–Trinajstić information content (AvgIpc) is 3.20. The minimum absolute atomic E-state index is 0.308. The molecule has 2 aromatic heterocycles. The lowest BCUT2D eigenvalue weighted by Crippen LogP contribution is -2.13. The number of hydrogen-bond donors (Lipinski definition) is 2. The van der Waals surface area contributed by atoms with E-state index in [4.69, 9.17) is 0 Å². The Hall–Kier alpha value is -2.57. The molecule has 114 valence electrons. The Balaban J connectivity index is 2.31. The molecule has 0 fully saturated rings. The van der Waals surface area contributed by atoms with Gasteiger partial charge in [0.05, 0.1) is 5.92 Å². The molecule has 3 rings (SSSR count). The van der Waals surface area contributed by atoms with E-state index < -0.39 is 40.6 Å². The quantitative estimate of drug-likeness (QED) is 0.412. The molecule has 1 aromatic carbocycles. The van der Waals surface area contributed by atoms with Gasteiger partial charge in [0.2, 0.25) is 5.82 Å². The van der Waals surface area contributed by atoms with Crippen molar-refractivity contribution in [3.63, 3.8) is 0 Å². The molecule has 0 saturated heterocycles. The van der Waals surface area contributed by atoms with Crippen molar-refractivity contribution >= 4 is 0 Å². The summed E-state index contributed by atoms with van der Waals surface area (Å²) in [5, 5.41) is 0. The lowest BCUT2D eigenvalue weighted by atomic mass is 9.89. The largest absolute Gasteiger partial charge is 0.367 e. The van der Waals surface area contributed by atoms with Crippen LogP contribution in [0.3, 0.4) is 0 Å². The number of halogens is 5. The van der Waals surface area contributed by atoms with Gasteiger partial charge in [-0.05, 0) is 23.8 Å². The highest BCUT2D eigenvalue weighted by Gasteiger charge is 2.32. The summed E-state index contributed by atoms with van der Waals surface area (Å²) in [6.07, 6.45) is 4.43. The highest BCUT2D eigenvalue weighted by molar-refractivity contribution is 5.42. The molecule has 0 aliphatic heterocycles. The maximum Gasteiger partial charge on any atom is 0.200 e. The second-order valence-corrected chi connectivity index (χ2v) is 4.69. The molecule has 0 radical (unpaired) electrons. The van der Waals surface area contributed by atoms with E-state index in [1.165, 1.54) is 30.7 Å². The number of aromatic amines is 2. The molecule has 0 bridgehead atoms. The second-order valence-electron chi connectivity index (χ2n) is 4.69. The number of H-pyrrole nitrogens is 2. The fourth-order valence-corrected chi connectivity index (χ4v) is 2.42. The number of benzene rings is 1. The molecule has 0 aliphatic carbocycles. The van der Waals surface area contributed by atoms with E-state index in [0.717, 1.165) is 0 Å². The molecule has 1 atom stereocenters. The van der Waals surface area contributed by atoms with Gasteiger partial charge in [0.15, 0.2) is 23.3 Å². The zero-order valence-electron chi connectivity index (χ0n) is 10.9. The number of hydrogen-bond acceptors (Lipinski definition) is 0. The molecule has 22 heavy (non-hydrogen) atoms. The van der Waals surface area contributed by atoms with Crippen LogP contribution in [0.2, 0.25) is 0 Å². The molecule has 0 aliphatic rings. The lowest BCUT2D eigenvalue weighted by Gasteiger charge is -2.18. The molecule has 0 spiro atoms. The van der Waals surface area contributed by atoms with Crippen molar-refractivity contribution in [2.24, 2.45) is 0 Å². The van der Waals surface area contributed by atoms with Gasteiger partial charge in [-0.2, -0.15) is 0 Å². The molecule has 2 nitrogen and oxygen atoms in total. The summed E-state index contributed by atoms with van der Waals surface area (Å²) in [5.74, 6) is -10.9. The summed E-state index contributed by atoms with van der Waals surface area (Å²) in [6.45, 7) is 0. The van der Waals surface area contributed by atoms with Gasteiger partial charge >= 0.3 is 0 Å². The van der Waals surface area contributed by atoms with Gasteiger partial charge in [0.1, 0.15) is 0 Å². The molecule has 3 aromatic rings. The first kappa shape index (κ1) is 14.4. The Morgan fingerprint density at radius 1 is 0.773 bits per heavy atom. The van der Waals surface area contributed by atoms with E-state index in [1.54, 1.807) is 6.07 Å². The van der Waals surface area contributed by atoms with E-state index >= 15 is 0 Å². The van der Waals surface area contributed by atoms with E-state index in [1.807, 2.05) is 0 Å². The van der Waals surface area contributed by atoms with Crippen molar-refractivity contribution in [1.29, 1.82) is 0 Å². The number of aromatic nitrogens is 2. The second kappa shape index (κ2) is 5.32. The minimum atomic E-state index is -2.17. The average molecular weight is 312 g/mol. The van der Waals surface area contributed by atoms with Crippen LogP contribution in [0.15, 0.2) is 36.8 Å². The third kappa shape index (κ3) is 2.09. The molecule has 0 amide bonds. The van der Waals surface area contributed by atoms with Gasteiger partial charge in [0.25, 0.3) is 0 Å². The fourth-order valence-electron chi connectivity index (χ4n) is 2.42. The normalized spacial score (nSPS) is 12.6. The van der Waals surface area contributed by atoms with Crippen molar-refractivity contribution in [2.75, 3.05) is 0 Å². The van der Waals surface area contributed by atoms with Crippen LogP contribution in [0.1, 0.15) is 22.7 Å². The van der Waals surface area contributed by atoms with Crippen LogP contribution in [-0.2, 0) is 0 Å². The molecule has 0 saturated carbocycles. The van der Waals surface area contributed by atoms with Gasteiger partial charge in [-0.25, -0.2) is 22.0 Å². The van der Waals surface area contributed by atoms with Crippen molar-refractivity contribution in [3.05, 3.63) is 82.7 Å². The first-order chi connectivity index (χ1) is 10.5. The van der Waals surface area contributed by atoms with Gasteiger partial charge in [-0.3, -0.25) is 0 Å². The highest BCUT2D eigenvalue weighted by Crippen LogP contribution is 2.36. The smallest absolute Gasteiger partial charge is 0.200 e. The predicted molar refractivity (Wildman–Crippen MR) is 68.8 cm³/mol. The third-order valence-corrected chi connectivity index (χ3v) is 3.42. The van der Waals surface area contributed by atoms with E-state index in [0.29, 0.717) is 11.3 Å². The Morgan fingerprint density at radius 2 is 1.41 bits per heavy atom. The molecular formula is C15H9F5N2. The van der Waals surface area contributed by atoms with E-state index in [2.05, 4.69) is 9.97 Å². The third-order valence-electron chi connectivity index (χ3n) is 3.42. The van der Waals surface area contributed by atoms with Crippen LogP contribution >= 0.6 is 0 Å². The van der Waals surface area contributed by atoms with Crippen LogP contribution in [0, 0.1) is 29.1 Å². The Labute approximate surface area is 121 Å². The minimum Gasteiger partial charge on any atom is -0.367 e. The predicted octanol–water partition coefficient (Wildman–Crippen LogP) is 4.22. The summed E-state index contributed by atoms with van der Waals surface area (Å²) >= 11 is 0. The van der Waals surface area contributed by atoms with Crippen LogP contribution in [0.4, 0.5) is 22.0 Å². The van der Waals surface area contributed by atoms with Gasteiger partial charge in [-0.15, -0.1) is 0 Å².